The number of amides is 1. The molecule has 7 nitrogen and oxygen atoms in total. The van der Waals surface area contributed by atoms with Gasteiger partial charge in [-0.2, -0.15) is 10.1 Å². The molecule has 2 saturated carbocycles. The maximum Gasteiger partial charge on any atom is 0.278 e. The molecule has 2 aliphatic rings. The van der Waals surface area contributed by atoms with Crippen LogP contribution in [0.5, 0.6) is 0 Å². The number of aromatic amines is 1. The fourth-order valence-corrected chi connectivity index (χ4v) is 3.37. The molecule has 1 amide bonds. The number of anilines is 1. The van der Waals surface area contributed by atoms with Crippen LogP contribution in [0, 0.1) is 0 Å². The van der Waals surface area contributed by atoms with Crippen LogP contribution in [-0.4, -0.2) is 30.9 Å². The highest BCUT2D eigenvalue weighted by Gasteiger charge is 2.24. The fraction of sp³-hybridized carbons (Fsp3) is 0.625. The molecule has 2 fully saturated rings. The fourth-order valence-electron chi connectivity index (χ4n) is 3.37. The summed E-state index contributed by atoms with van der Waals surface area (Å²) in [6.45, 7) is 0. The average molecular weight is 314 g/mol. The zero-order valence-electron chi connectivity index (χ0n) is 13.2. The molecular formula is C16H22N6O. The van der Waals surface area contributed by atoms with Crippen molar-refractivity contribution in [3.63, 3.8) is 0 Å². The Hall–Kier alpha value is -2.18. The molecule has 2 aliphatic carbocycles. The SMILES string of the molecule is O=C(Nc1n[nH]c(C2CCC2)n1)c1ccn(C2CCCCC2)n1. The molecule has 0 saturated heterocycles. The first kappa shape index (κ1) is 14.4. The second-order valence-corrected chi connectivity index (χ2v) is 6.60. The minimum absolute atomic E-state index is 0.251. The number of H-pyrrole nitrogens is 1. The van der Waals surface area contributed by atoms with Crippen molar-refractivity contribution in [1.82, 2.24) is 25.0 Å². The van der Waals surface area contributed by atoms with E-state index in [2.05, 4.69) is 25.6 Å². The predicted octanol–water partition coefficient (Wildman–Crippen LogP) is 3.03. The molecule has 7 heteroatoms. The Morgan fingerprint density at radius 3 is 2.74 bits per heavy atom. The van der Waals surface area contributed by atoms with Gasteiger partial charge in [-0.1, -0.05) is 25.7 Å². The highest BCUT2D eigenvalue weighted by Crippen LogP contribution is 2.34. The highest BCUT2D eigenvalue weighted by atomic mass is 16.2. The van der Waals surface area contributed by atoms with Gasteiger partial charge >= 0.3 is 0 Å². The third-order valence-corrected chi connectivity index (χ3v) is 5.01. The van der Waals surface area contributed by atoms with E-state index in [1.165, 1.54) is 25.7 Å². The second kappa shape index (κ2) is 6.14. The molecule has 0 spiro atoms. The molecule has 2 N–H and O–H groups in total. The van der Waals surface area contributed by atoms with Crippen LogP contribution in [0.25, 0.3) is 0 Å². The molecule has 0 bridgehead atoms. The van der Waals surface area contributed by atoms with Gasteiger partial charge in [0.15, 0.2) is 5.69 Å². The van der Waals surface area contributed by atoms with Crippen LogP contribution in [0.15, 0.2) is 12.3 Å². The predicted molar refractivity (Wildman–Crippen MR) is 85.3 cm³/mol. The van der Waals surface area contributed by atoms with Crippen molar-refractivity contribution >= 4 is 11.9 Å². The lowest BCUT2D eigenvalue weighted by Gasteiger charge is -2.22. The monoisotopic (exact) mass is 314 g/mol. The van der Waals surface area contributed by atoms with Crippen molar-refractivity contribution in [2.45, 2.75) is 63.3 Å². The number of carbonyl (C=O) groups excluding carboxylic acids is 1. The number of nitrogens with one attached hydrogen (secondary N) is 2. The van der Waals surface area contributed by atoms with Crippen LogP contribution in [0.1, 0.15) is 79.6 Å². The standard InChI is InChI=1S/C16H22N6O/c23-15(18-16-17-14(19-20-16)11-5-4-6-11)13-9-10-22(21-13)12-7-2-1-3-8-12/h9-12H,1-8H2,(H2,17,18,19,20,23). The third kappa shape index (κ3) is 3.00. The first-order chi connectivity index (χ1) is 11.3. The largest absolute Gasteiger partial charge is 0.288 e. The first-order valence-corrected chi connectivity index (χ1v) is 8.58. The van der Waals surface area contributed by atoms with E-state index in [1.807, 2.05) is 10.9 Å². The highest BCUT2D eigenvalue weighted by molar-refractivity contribution is 6.01. The number of nitrogens with zero attached hydrogens (tertiary/aromatic N) is 4. The van der Waals surface area contributed by atoms with Gasteiger partial charge in [0.2, 0.25) is 5.95 Å². The van der Waals surface area contributed by atoms with E-state index in [9.17, 15) is 4.79 Å². The number of rotatable bonds is 4. The Bertz CT molecular complexity index is 680. The minimum Gasteiger partial charge on any atom is -0.288 e. The maximum atomic E-state index is 12.3. The summed E-state index contributed by atoms with van der Waals surface area (Å²) >= 11 is 0. The van der Waals surface area contributed by atoms with Crippen molar-refractivity contribution in [2.75, 3.05) is 5.32 Å². The summed E-state index contributed by atoms with van der Waals surface area (Å²) in [5.41, 5.74) is 0.422. The second-order valence-electron chi connectivity index (χ2n) is 6.60. The molecule has 0 aliphatic heterocycles. The summed E-state index contributed by atoms with van der Waals surface area (Å²) in [5, 5.41) is 14.2. The normalized spacial score (nSPS) is 19.5. The van der Waals surface area contributed by atoms with E-state index in [0.29, 0.717) is 23.6 Å². The number of carbonyl (C=O) groups is 1. The smallest absolute Gasteiger partial charge is 0.278 e. The lowest BCUT2D eigenvalue weighted by atomic mass is 9.85. The lowest BCUT2D eigenvalue weighted by Crippen LogP contribution is -2.17. The molecule has 23 heavy (non-hydrogen) atoms. The van der Waals surface area contributed by atoms with Gasteiger partial charge in [-0.15, -0.1) is 5.10 Å². The zero-order valence-corrected chi connectivity index (χ0v) is 13.2. The Morgan fingerprint density at radius 1 is 1.17 bits per heavy atom. The Labute approximate surface area is 134 Å². The topological polar surface area (TPSA) is 88.5 Å². The maximum absolute atomic E-state index is 12.3. The summed E-state index contributed by atoms with van der Waals surface area (Å²) in [7, 11) is 0. The van der Waals surface area contributed by atoms with Crippen LogP contribution < -0.4 is 5.32 Å². The molecular weight excluding hydrogens is 292 g/mol. The molecule has 2 aromatic rings. The molecule has 0 aromatic carbocycles. The van der Waals surface area contributed by atoms with Crippen molar-refractivity contribution in [3.05, 3.63) is 23.8 Å². The lowest BCUT2D eigenvalue weighted by molar-refractivity contribution is 0.102. The van der Waals surface area contributed by atoms with Crippen molar-refractivity contribution in [3.8, 4) is 0 Å². The van der Waals surface area contributed by atoms with Crippen molar-refractivity contribution in [1.29, 1.82) is 0 Å². The average Bonchev–Trinajstić information content (AvgIpc) is 3.16. The molecule has 4 rings (SSSR count). The Kier molecular flexibility index (Phi) is 3.85. The first-order valence-electron chi connectivity index (χ1n) is 8.58. The number of hydrogen-bond acceptors (Lipinski definition) is 4. The van der Waals surface area contributed by atoms with Gasteiger partial charge in [-0.25, -0.2) is 0 Å². The van der Waals surface area contributed by atoms with E-state index in [-0.39, 0.29) is 5.91 Å². The number of hydrogen-bond donors (Lipinski definition) is 2. The van der Waals surface area contributed by atoms with Crippen molar-refractivity contribution in [2.24, 2.45) is 0 Å². The molecule has 0 unspecified atom stereocenters. The third-order valence-electron chi connectivity index (χ3n) is 5.01. The van der Waals surface area contributed by atoms with E-state index < -0.39 is 0 Å². The Balaban J connectivity index is 1.40. The van der Waals surface area contributed by atoms with Gasteiger partial charge in [-0.3, -0.25) is 19.9 Å². The summed E-state index contributed by atoms with van der Waals surface area (Å²) in [4.78, 5) is 16.7. The van der Waals surface area contributed by atoms with E-state index >= 15 is 0 Å². The minimum atomic E-state index is -0.251. The summed E-state index contributed by atoms with van der Waals surface area (Å²) < 4.78 is 1.94. The van der Waals surface area contributed by atoms with Crippen molar-refractivity contribution < 1.29 is 4.79 Å². The van der Waals surface area contributed by atoms with Crippen LogP contribution in [0.4, 0.5) is 5.95 Å². The van der Waals surface area contributed by atoms with Crippen LogP contribution in [-0.2, 0) is 0 Å². The Morgan fingerprint density at radius 2 is 2.00 bits per heavy atom. The van der Waals surface area contributed by atoms with Gasteiger partial charge < -0.3 is 0 Å². The summed E-state index contributed by atoms with van der Waals surface area (Å²) in [6, 6.07) is 2.20. The van der Waals surface area contributed by atoms with Crippen LogP contribution in [0.3, 0.4) is 0 Å². The molecule has 2 aromatic heterocycles. The molecule has 2 heterocycles. The van der Waals surface area contributed by atoms with Gasteiger partial charge in [0.25, 0.3) is 5.91 Å². The van der Waals surface area contributed by atoms with Gasteiger partial charge in [0, 0.05) is 12.1 Å². The van der Waals surface area contributed by atoms with Crippen LogP contribution >= 0.6 is 0 Å². The van der Waals surface area contributed by atoms with E-state index in [4.69, 9.17) is 0 Å². The van der Waals surface area contributed by atoms with E-state index in [0.717, 1.165) is 31.5 Å². The molecule has 0 atom stereocenters. The van der Waals surface area contributed by atoms with Gasteiger partial charge in [0.05, 0.1) is 6.04 Å². The van der Waals surface area contributed by atoms with Crippen LogP contribution in [0.2, 0.25) is 0 Å². The summed E-state index contributed by atoms with van der Waals surface area (Å²) in [5.74, 6) is 1.43. The summed E-state index contributed by atoms with van der Waals surface area (Å²) in [6.07, 6.45) is 11.5. The quantitative estimate of drug-likeness (QED) is 0.908. The molecule has 0 radical (unpaired) electrons. The van der Waals surface area contributed by atoms with Gasteiger partial charge in [-0.05, 0) is 31.7 Å². The zero-order chi connectivity index (χ0) is 15.6. The number of aromatic nitrogens is 5. The molecule has 122 valence electrons. The van der Waals surface area contributed by atoms with Gasteiger partial charge in [0.1, 0.15) is 5.82 Å². The van der Waals surface area contributed by atoms with E-state index in [1.54, 1.807) is 6.07 Å².